The molecule has 0 aliphatic carbocycles. The minimum Gasteiger partial charge on any atom is -0.507 e. The second-order valence-electron chi connectivity index (χ2n) is 11.5. The van der Waals surface area contributed by atoms with Crippen LogP contribution in [-0.2, 0) is 4.79 Å². The molecule has 1 fully saturated rings. The molecule has 4 aromatic rings. The molecule has 2 unspecified atom stereocenters. The number of aryl methyl sites for hydroxylation is 1. The lowest BCUT2D eigenvalue weighted by Crippen LogP contribution is -2.60. The largest absolute Gasteiger partial charge is 0.507 e. The summed E-state index contributed by atoms with van der Waals surface area (Å²) in [5, 5.41) is 10.3. The van der Waals surface area contributed by atoms with Crippen molar-refractivity contribution in [1.29, 1.82) is 0 Å². The number of phenols is 1. The topological polar surface area (TPSA) is 101 Å². The van der Waals surface area contributed by atoms with Gasteiger partial charge in [0.25, 0.3) is 0 Å². The number of aromatic hydroxyl groups is 1. The van der Waals surface area contributed by atoms with E-state index in [-0.39, 0.29) is 48.4 Å². The fraction of sp³-hybridized carbons (Fsp3) is 0.312. The van der Waals surface area contributed by atoms with E-state index in [0.29, 0.717) is 17.3 Å². The Hall–Kier alpha value is -4.94. The van der Waals surface area contributed by atoms with Crippen LogP contribution in [0.4, 0.5) is 23.4 Å². The van der Waals surface area contributed by atoms with Crippen molar-refractivity contribution in [3.8, 4) is 28.3 Å². The molecule has 234 valence electrons. The van der Waals surface area contributed by atoms with Crippen molar-refractivity contribution in [2.24, 2.45) is 0 Å². The third-order valence-electron chi connectivity index (χ3n) is 8.39. The lowest BCUT2D eigenvalue weighted by atomic mass is 9.98. The van der Waals surface area contributed by atoms with Gasteiger partial charge in [0.05, 0.1) is 33.9 Å². The van der Waals surface area contributed by atoms with Crippen LogP contribution >= 0.6 is 0 Å². The number of rotatable bonds is 4. The van der Waals surface area contributed by atoms with Gasteiger partial charge in [-0.05, 0) is 49.6 Å². The van der Waals surface area contributed by atoms with E-state index in [0.717, 1.165) is 10.6 Å². The second kappa shape index (κ2) is 10.9. The number of carbonyl (C=O) groups excluding carboxylic acids is 1. The molecule has 2 aromatic carbocycles. The van der Waals surface area contributed by atoms with Gasteiger partial charge < -0.3 is 19.6 Å². The number of hydrogen-bond acceptors (Lipinski definition) is 7. The molecule has 13 heteroatoms. The molecule has 4 heterocycles. The van der Waals surface area contributed by atoms with Gasteiger partial charge in [-0.25, -0.2) is 22.4 Å². The maximum absolute atomic E-state index is 17.1. The number of aromatic nitrogens is 3. The van der Waals surface area contributed by atoms with Crippen LogP contribution in [-0.4, -0.2) is 62.2 Å². The van der Waals surface area contributed by atoms with Crippen LogP contribution in [0.3, 0.4) is 0 Å². The summed E-state index contributed by atoms with van der Waals surface area (Å²) in [4.78, 5) is 38.6. The third-order valence-corrected chi connectivity index (χ3v) is 8.39. The average molecular weight is 624 g/mol. The van der Waals surface area contributed by atoms with Crippen LogP contribution in [0.15, 0.2) is 41.8 Å². The molecular weight excluding hydrogens is 594 g/mol. The maximum Gasteiger partial charge on any atom is 0.354 e. The number of phenolic OH excluding ortho intramolecular Hbond substituents is 1. The SMILES string of the molecule is C=CC(=O)N1CC2COc3c(F)c(-c4c(O)ccc(F)c4F)c(F)c4c3c(nc(=O)n4-c3c(C)ccnc3C(C)C)N2CC1C. The first kappa shape index (κ1) is 30.1. The highest BCUT2D eigenvalue weighted by atomic mass is 19.2. The molecule has 9 nitrogen and oxygen atoms in total. The van der Waals surface area contributed by atoms with E-state index in [9.17, 15) is 19.1 Å². The molecule has 2 aliphatic rings. The van der Waals surface area contributed by atoms with Gasteiger partial charge in [-0.15, -0.1) is 0 Å². The van der Waals surface area contributed by atoms with Gasteiger partial charge in [-0.2, -0.15) is 4.98 Å². The fourth-order valence-electron chi connectivity index (χ4n) is 6.24. The number of fused-ring (bicyclic) bond motifs is 2. The van der Waals surface area contributed by atoms with Crippen LogP contribution in [0.5, 0.6) is 11.5 Å². The third kappa shape index (κ3) is 4.51. The van der Waals surface area contributed by atoms with E-state index in [1.165, 1.54) is 12.3 Å². The molecule has 2 aromatic heterocycles. The van der Waals surface area contributed by atoms with Crippen LogP contribution in [0, 0.1) is 30.2 Å². The van der Waals surface area contributed by atoms with Gasteiger partial charge in [0, 0.05) is 25.3 Å². The number of anilines is 1. The van der Waals surface area contributed by atoms with E-state index in [1.807, 2.05) is 13.8 Å². The van der Waals surface area contributed by atoms with Gasteiger partial charge in [-0.3, -0.25) is 14.3 Å². The summed E-state index contributed by atoms with van der Waals surface area (Å²) in [6.45, 7) is 10.6. The molecule has 6 rings (SSSR count). The second-order valence-corrected chi connectivity index (χ2v) is 11.5. The number of benzene rings is 2. The van der Waals surface area contributed by atoms with E-state index >= 15 is 13.2 Å². The van der Waals surface area contributed by atoms with E-state index in [1.54, 1.807) is 29.7 Å². The molecular formula is C32H29F4N5O4. The number of piperazine rings is 1. The van der Waals surface area contributed by atoms with E-state index in [2.05, 4.69) is 16.5 Å². The quantitative estimate of drug-likeness (QED) is 0.249. The van der Waals surface area contributed by atoms with Gasteiger partial charge in [0.2, 0.25) is 5.91 Å². The fourth-order valence-corrected chi connectivity index (χ4v) is 6.24. The first-order chi connectivity index (χ1) is 21.4. The molecule has 0 spiro atoms. The van der Waals surface area contributed by atoms with Crippen LogP contribution in [0.2, 0.25) is 0 Å². The van der Waals surface area contributed by atoms with Crippen molar-refractivity contribution in [3.63, 3.8) is 0 Å². The Morgan fingerprint density at radius 3 is 2.53 bits per heavy atom. The number of hydrogen-bond donors (Lipinski definition) is 1. The Kier molecular flexibility index (Phi) is 7.29. The molecule has 1 saturated heterocycles. The van der Waals surface area contributed by atoms with Crippen molar-refractivity contribution in [1.82, 2.24) is 19.4 Å². The zero-order chi connectivity index (χ0) is 32.5. The Morgan fingerprint density at radius 1 is 1.11 bits per heavy atom. The summed E-state index contributed by atoms with van der Waals surface area (Å²) in [5.41, 5.74) is -2.57. The number of amides is 1. The van der Waals surface area contributed by atoms with Gasteiger partial charge in [0.1, 0.15) is 23.7 Å². The smallest absolute Gasteiger partial charge is 0.354 e. The molecule has 2 atom stereocenters. The Balaban J connectivity index is 1.78. The van der Waals surface area contributed by atoms with Crippen molar-refractivity contribution in [2.75, 3.05) is 24.6 Å². The van der Waals surface area contributed by atoms with Crippen LogP contribution in [0.1, 0.15) is 37.9 Å². The monoisotopic (exact) mass is 623 g/mol. The molecule has 1 amide bonds. The van der Waals surface area contributed by atoms with Gasteiger partial charge in [0.15, 0.2) is 29.0 Å². The minimum atomic E-state index is -1.69. The van der Waals surface area contributed by atoms with Crippen LogP contribution < -0.4 is 15.3 Å². The van der Waals surface area contributed by atoms with Crippen molar-refractivity contribution < 1.29 is 32.2 Å². The first-order valence-corrected chi connectivity index (χ1v) is 14.3. The lowest BCUT2D eigenvalue weighted by molar-refractivity contribution is -0.129. The number of carbonyl (C=O) groups is 1. The number of ether oxygens (including phenoxy) is 1. The van der Waals surface area contributed by atoms with Crippen molar-refractivity contribution in [2.45, 2.75) is 45.7 Å². The first-order valence-electron chi connectivity index (χ1n) is 14.3. The maximum atomic E-state index is 17.1. The predicted molar refractivity (Wildman–Crippen MR) is 159 cm³/mol. The zero-order valence-electron chi connectivity index (χ0n) is 24.9. The Bertz CT molecular complexity index is 1980. The highest BCUT2D eigenvalue weighted by molar-refractivity contribution is 6.01. The van der Waals surface area contributed by atoms with Gasteiger partial charge >= 0.3 is 5.69 Å². The summed E-state index contributed by atoms with van der Waals surface area (Å²) in [6, 6.07) is 1.94. The molecule has 0 bridgehead atoms. The molecule has 45 heavy (non-hydrogen) atoms. The Morgan fingerprint density at radius 2 is 1.84 bits per heavy atom. The summed E-state index contributed by atoms with van der Waals surface area (Å²) < 4.78 is 70.2. The van der Waals surface area contributed by atoms with Crippen molar-refractivity contribution >= 4 is 22.6 Å². The van der Waals surface area contributed by atoms with E-state index in [4.69, 9.17) is 4.74 Å². The number of halogens is 4. The molecule has 1 N–H and O–H groups in total. The van der Waals surface area contributed by atoms with Gasteiger partial charge in [-0.1, -0.05) is 20.4 Å². The number of pyridine rings is 1. The molecule has 2 aliphatic heterocycles. The summed E-state index contributed by atoms with van der Waals surface area (Å²) in [5.74, 6) is -8.22. The molecule has 0 saturated carbocycles. The summed E-state index contributed by atoms with van der Waals surface area (Å²) in [6.07, 6.45) is 2.70. The van der Waals surface area contributed by atoms with Crippen LogP contribution in [0.25, 0.3) is 27.7 Å². The lowest BCUT2D eigenvalue weighted by Gasteiger charge is -2.44. The average Bonchev–Trinajstić information content (AvgIpc) is 3.15. The highest BCUT2D eigenvalue weighted by Crippen LogP contribution is 2.48. The van der Waals surface area contributed by atoms with Crippen molar-refractivity contribution in [3.05, 3.63) is 82.1 Å². The molecule has 0 radical (unpaired) electrons. The normalized spacial score (nSPS) is 17.7. The summed E-state index contributed by atoms with van der Waals surface area (Å²) in [7, 11) is 0. The Labute approximate surface area is 255 Å². The standard InChI is InChI=1S/C32H29F4N5O4/c1-6-20(43)39-12-17-13-45-30-23-29(25(35)22(26(30)36)21-19(42)8-7-18(33)24(21)34)41(28-15(4)9-10-37-27(28)14(2)3)32(44)38-31(23)40(17)11-16(39)5/h6-10,14,16-17,42H,1,11-13H2,2-5H3. The number of nitrogens with zero attached hydrogens (tertiary/aromatic N) is 5. The summed E-state index contributed by atoms with van der Waals surface area (Å²) >= 11 is 0. The predicted octanol–water partition coefficient (Wildman–Crippen LogP) is 5.13. The highest BCUT2D eigenvalue weighted by Gasteiger charge is 2.41. The van der Waals surface area contributed by atoms with E-state index < -0.39 is 69.2 Å². The zero-order valence-corrected chi connectivity index (χ0v) is 24.9. The minimum absolute atomic E-state index is 0.0851.